The molecule has 1 aromatic carbocycles. The van der Waals surface area contributed by atoms with E-state index in [1.807, 2.05) is 0 Å². The molecule has 23 heavy (non-hydrogen) atoms. The maximum atomic E-state index is 12.6. The Morgan fingerprint density at radius 3 is 2.52 bits per heavy atom. The lowest BCUT2D eigenvalue weighted by molar-refractivity contribution is -0.386. The molecule has 1 N–H and O–H groups in total. The van der Waals surface area contributed by atoms with Crippen LogP contribution in [-0.4, -0.2) is 48.6 Å². The van der Waals surface area contributed by atoms with Crippen molar-refractivity contribution in [1.29, 1.82) is 0 Å². The predicted molar refractivity (Wildman–Crippen MR) is 81.4 cm³/mol. The van der Waals surface area contributed by atoms with E-state index in [4.69, 9.17) is 11.2 Å². The number of hydrogen-bond donors (Lipinski definition) is 1. The van der Waals surface area contributed by atoms with Crippen molar-refractivity contribution in [1.82, 2.24) is 4.31 Å². The van der Waals surface area contributed by atoms with Crippen molar-refractivity contribution < 1.29 is 23.2 Å². The maximum Gasteiger partial charge on any atom is 0.312 e. The van der Waals surface area contributed by atoms with E-state index < -0.39 is 26.2 Å². The molecule has 1 fully saturated rings. The smallest absolute Gasteiger partial charge is 0.312 e. The highest BCUT2D eigenvalue weighted by molar-refractivity contribution is 7.89. The van der Waals surface area contributed by atoms with Crippen molar-refractivity contribution in [3.05, 3.63) is 28.3 Å². The second kappa shape index (κ2) is 6.16. The topological polar surface area (TPSA) is 110 Å². The summed E-state index contributed by atoms with van der Waals surface area (Å²) in [5, 5.41) is 21.0. The van der Waals surface area contributed by atoms with Crippen molar-refractivity contribution in [3.63, 3.8) is 0 Å². The number of hydrogen-bond acceptors (Lipinski definition) is 6. The van der Waals surface area contributed by atoms with Gasteiger partial charge in [-0.2, -0.15) is 4.31 Å². The monoisotopic (exact) mass is 340 g/mol. The Labute approximate surface area is 133 Å². The van der Waals surface area contributed by atoms with Gasteiger partial charge in [-0.3, -0.25) is 10.1 Å². The van der Waals surface area contributed by atoms with Crippen molar-refractivity contribution in [2.24, 2.45) is 0 Å². The highest BCUT2D eigenvalue weighted by Crippen LogP contribution is 2.32. The molecule has 1 heterocycles. The summed E-state index contributed by atoms with van der Waals surface area (Å²) in [5.41, 5.74) is -1.73. The number of rotatable bonds is 4. The first-order chi connectivity index (χ1) is 10.7. The Morgan fingerprint density at radius 2 is 2.04 bits per heavy atom. The fourth-order valence-corrected chi connectivity index (χ4v) is 3.82. The minimum Gasteiger partial charge on any atom is -0.490 e. The number of benzene rings is 1. The van der Waals surface area contributed by atoms with E-state index in [-0.39, 0.29) is 36.6 Å². The van der Waals surface area contributed by atoms with Gasteiger partial charge in [-0.05, 0) is 12.1 Å². The average molecular weight is 340 g/mol. The number of terminal acetylenes is 1. The van der Waals surface area contributed by atoms with Crippen LogP contribution < -0.4 is 4.74 Å². The molecule has 1 aliphatic rings. The van der Waals surface area contributed by atoms with Crippen LogP contribution in [0.1, 0.15) is 12.8 Å². The van der Waals surface area contributed by atoms with Crippen LogP contribution in [-0.2, 0) is 10.0 Å². The number of nitrogens with zero attached hydrogens (tertiary/aromatic N) is 2. The molecule has 0 bridgehead atoms. The van der Waals surface area contributed by atoms with Crippen molar-refractivity contribution in [3.8, 4) is 18.1 Å². The second-order valence-electron chi connectivity index (χ2n) is 5.17. The van der Waals surface area contributed by atoms with Gasteiger partial charge in [-0.25, -0.2) is 8.42 Å². The van der Waals surface area contributed by atoms with Gasteiger partial charge in [0.25, 0.3) is 0 Å². The molecule has 9 heteroatoms. The van der Waals surface area contributed by atoms with Crippen LogP contribution in [0.3, 0.4) is 0 Å². The minimum atomic E-state index is -3.91. The molecule has 1 saturated heterocycles. The van der Waals surface area contributed by atoms with Gasteiger partial charge in [0.2, 0.25) is 10.0 Å². The normalized spacial score (nSPS) is 18.1. The van der Waals surface area contributed by atoms with Crippen LogP contribution in [0.4, 0.5) is 5.69 Å². The predicted octanol–water partition coefficient (Wildman–Crippen LogP) is 0.752. The fraction of sp³-hybridized carbons (Fsp3) is 0.429. The summed E-state index contributed by atoms with van der Waals surface area (Å²) >= 11 is 0. The van der Waals surface area contributed by atoms with Crippen LogP contribution in [0.25, 0.3) is 0 Å². The summed E-state index contributed by atoms with van der Waals surface area (Å²) in [5.74, 6) is 2.24. The molecule has 1 aliphatic heterocycles. The van der Waals surface area contributed by atoms with Gasteiger partial charge in [0.15, 0.2) is 5.75 Å². The van der Waals surface area contributed by atoms with Gasteiger partial charge < -0.3 is 9.84 Å². The molecular formula is C14H16N2O6S. The van der Waals surface area contributed by atoms with Crippen LogP contribution in [0, 0.1) is 22.5 Å². The molecule has 0 amide bonds. The maximum absolute atomic E-state index is 12.6. The number of aliphatic hydroxyl groups is 1. The first-order valence-corrected chi connectivity index (χ1v) is 8.20. The first kappa shape index (κ1) is 17.2. The second-order valence-corrected chi connectivity index (χ2v) is 7.11. The lowest BCUT2D eigenvalue weighted by Gasteiger charge is -2.34. The number of piperidine rings is 1. The molecule has 124 valence electrons. The Balaban J connectivity index is 2.33. The van der Waals surface area contributed by atoms with Crippen LogP contribution >= 0.6 is 0 Å². The number of sulfonamides is 1. The molecule has 0 spiro atoms. The lowest BCUT2D eigenvalue weighted by atomic mass is 9.94. The molecule has 8 nitrogen and oxygen atoms in total. The summed E-state index contributed by atoms with van der Waals surface area (Å²) in [4.78, 5) is 10.1. The van der Waals surface area contributed by atoms with Gasteiger partial charge in [0.05, 0.1) is 16.9 Å². The van der Waals surface area contributed by atoms with Crippen molar-refractivity contribution in [2.75, 3.05) is 20.2 Å². The highest BCUT2D eigenvalue weighted by Gasteiger charge is 2.36. The third kappa shape index (κ3) is 3.29. The molecule has 0 saturated carbocycles. The van der Waals surface area contributed by atoms with Crippen molar-refractivity contribution in [2.45, 2.75) is 23.3 Å². The van der Waals surface area contributed by atoms with E-state index in [0.717, 1.165) is 10.4 Å². The molecule has 1 aromatic rings. The SMILES string of the molecule is C#CC1(O)CCN(S(=O)(=O)c2ccc(OC)c([N+](=O)[O-])c2)CC1. The molecule has 0 radical (unpaired) electrons. The van der Waals surface area contributed by atoms with Gasteiger partial charge in [-0.1, -0.05) is 5.92 Å². The largest absolute Gasteiger partial charge is 0.490 e. The zero-order valence-corrected chi connectivity index (χ0v) is 13.2. The summed E-state index contributed by atoms with van der Waals surface area (Å²) in [6.45, 7) is 0.0890. The Morgan fingerprint density at radius 1 is 1.43 bits per heavy atom. The van der Waals surface area contributed by atoms with E-state index in [9.17, 15) is 23.6 Å². The lowest BCUT2D eigenvalue weighted by Crippen LogP contribution is -2.45. The standard InChI is InChI=1S/C14H16N2O6S/c1-3-14(17)6-8-15(9-7-14)23(20,21)11-4-5-13(22-2)12(10-11)16(18)19/h1,4-5,10,17H,6-9H2,2H3. The van der Waals surface area contributed by atoms with E-state index >= 15 is 0 Å². The minimum absolute atomic E-state index is 0.0192. The molecule has 2 rings (SSSR count). The quantitative estimate of drug-likeness (QED) is 0.492. The zero-order chi connectivity index (χ0) is 17.3. The molecule has 0 aromatic heterocycles. The third-order valence-electron chi connectivity index (χ3n) is 3.80. The molecular weight excluding hydrogens is 324 g/mol. The highest BCUT2D eigenvalue weighted by atomic mass is 32.2. The molecule has 0 atom stereocenters. The van der Waals surface area contributed by atoms with Crippen LogP contribution in [0.5, 0.6) is 5.75 Å². The molecule has 0 aliphatic carbocycles. The number of nitro groups is 1. The summed E-state index contributed by atoms with van der Waals surface area (Å²) in [7, 11) is -2.64. The van der Waals surface area contributed by atoms with E-state index in [2.05, 4.69) is 5.92 Å². The number of nitro benzene ring substituents is 1. The first-order valence-electron chi connectivity index (χ1n) is 6.76. The van der Waals surface area contributed by atoms with E-state index in [0.29, 0.717) is 0 Å². The number of methoxy groups -OCH3 is 1. The van der Waals surface area contributed by atoms with Crippen LogP contribution in [0.15, 0.2) is 23.1 Å². The Kier molecular flexibility index (Phi) is 4.61. The van der Waals surface area contributed by atoms with Gasteiger partial charge in [0.1, 0.15) is 5.60 Å². The zero-order valence-electron chi connectivity index (χ0n) is 12.4. The summed E-state index contributed by atoms with van der Waals surface area (Å²) in [6.07, 6.45) is 5.46. The summed E-state index contributed by atoms with van der Waals surface area (Å²) in [6, 6.07) is 3.46. The average Bonchev–Trinajstić information content (AvgIpc) is 2.54. The van der Waals surface area contributed by atoms with Crippen molar-refractivity contribution >= 4 is 15.7 Å². The van der Waals surface area contributed by atoms with E-state index in [1.54, 1.807) is 0 Å². The van der Waals surface area contributed by atoms with Gasteiger partial charge in [-0.15, -0.1) is 6.42 Å². The fourth-order valence-electron chi connectivity index (χ4n) is 2.36. The van der Waals surface area contributed by atoms with Crippen LogP contribution in [0.2, 0.25) is 0 Å². The number of ether oxygens (including phenoxy) is 1. The Hall–Kier alpha value is -2.15. The Bertz CT molecular complexity index is 760. The third-order valence-corrected chi connectivity index (χ3v) is 5.70. The van der Waals surface area contributed by atoms with Gasteiger partial charge >= 0.3 is 5.69 Å². The molecule has 0 unspecified atom stereocenters. The summed E-state index contributed by atoms with van der Waals surface area (Å²) < 4.78 is 31.2. The van der Waals surface area contributed by atoms with Gasteiger partial charge in [0, 0.05) is 32.0 Å². The van der Waals surface area contributed by atoms with E-state index in [1.165, 1.54) is 19.2 Å².